The molecule has 0 aliphatic carbocycles. The van der Waals surface area contributed by atoms with Gasteiger partial charge in [0.2, 0.25) is 5.91 Å². The van der Waals surface area contributed by atoms with Crippen LogP contribution >= 0.6 is 0 Å². The minimum atomic E-state index is -0.152. The molecule has 0 radical (unpaired) electrons. The van der Waals surface area contributed by atoms with Crippen LogP contribution < -0.4 is 10.2 Å². The third-order valence-corrected chi connectivity index (χ3v) is 3.68. The highest BCUT2D eigenvalue weighted by Crippen LogP contribution is 2.19. The van der Waals surface area contributed by atoms with Crippen LogP contribution in [-0.2, 0) is 4.79 Å². The molecule has 2 aromatic rings. The zero-order valence-electron chi connectivity index (χ0n) is 12.3. The summed E-state index contributed by atoms with van der Waals surface area (Å²) in [6.07, 6.45) is 4.50. The molecule has 3 rings (SSSR count). The van der Waals surface area contributed by atoms with Crippen molar-refractivity contribution < 1.29 is 4.79 Å². The molecular formula is C15H19N5O. The van der Waals surface area contributed by atoms with E-state index in [0.717, 1.165) is 30.2 Å². The van der Waals surface area contributed by atoms with E-state index in [2.05, 4.69) is 20.3 Å². The summed E-state index contributed by atoms with van der Waals surface area (Å²) >= 11 is 0. The molecule has 21 heavy (non-hydrogen) atoms. The molecule has 6 heteroatoms. The first kappa shape index (κ1) is 13.6. The van der Waals surface area contributed by atoms with Crippen LogP contribution in [0, 0.1) is 6.92 Å². The van der Waals surface area contributed by atoms with E-state index < -0.39 is 0 Å². The molecule has 110 valence electrons. The van der Waals surface area contributed by atoms with E-state index in [1.165, 1.54) is 0 Å². The summed E-state index contributed by atoms with van der Waals surface area (Å²) in [5.74, 6) is 1.66. The number of aryl methyl sites for hydroxylation is 1. The second kappa shape index (κ2) is 5.55. The van der Waals surface area contributed by atoms with Crippen molar-refractivity contribution in [2.45, 2.75) is 26.3 Å². The number of anilines is 1. The molecule has 1 atom stereocenters. The molecule has 0 bridgehead atoms. The lowest BCUT2D eigenvalue weighted by Crippen LogP contribution is -2.55. The van der Waals surface area contributed by atoms with Gasteiger partial charge < -0.3 is 10.2 Å². The molecule has 1 fully saturated rings. The second-order valence-electron chi connectivity index (χ2n) is 5.22. The van der Waals surface area contributed by atoms with Gasteiger partial charge in [-0.3, -0.25) is 4.79 Å². The van der Waals surface area contributed by atoms with Crippen LogP contribution in [0.2, 0.25) is 0 Å². The van der Waals surface area contributed by atoms with Crippen molar-refractivity contribution in [3.8, 4) is 5.82 Å². The average molecular weight is 285 g/mol. The Morgan fingerprint density at radius 2 is 2.19 bits per heavy atom. The maximum absolute atomic E-state index is 12.0. The Hall–Kier alpha value is -2.37. The topological polar surface area (TPSA) is 63.1 Å². The summed E-state index contributed by atoms with van der Waals surface area (Å²) in [6.45, 7) is 5.44. The second-order valence-corrected chi connectivity index (χ2v) is 5.22. The normalized spacial score (nSPS) is 18.7. The van der Waals surface area contributed by atoms with E-state index in [4.69, 9.17) is 0 Å². The smallest absolute Gasteiger partial charge is 0.242 e. The number of nitrogens with one attached hydrogen (secondary N) is 1. The Morgan fingerprint density at radius 1 is 1.38 bits per heavy atom. The molecule has 6 nitrogen and oxygen atoms in total. The zero-order chi connectivity index (χ0) is 14.8. The minimum Gasteiger partial charge on any atom is -0.353 e. The number of aromatic nitrogens is 3. The molecule has 3 heterocycles. The number of nitrogens with zero attached hydrogens (tertiary/aromatic N) is 4. The molecule has 1 aliphatic heterocycles. The lowest BCUT2D eigenvalue weighted by Gasteiger charge is -2.35. The van der Waals surface area contributed by atoms with Gasteiger partial charge in [-0.2, -0.15) is 5.10 Å². The van der Waals surface area contributed by atoms with Crippen LogP contribution in [0.4, 0.5) is 5.82 Å². The van der Waals surface area contributed by atoms with E-state index in [1.54, 1.807) is 10.9 Å². The van der Waals surface area contributed by atoms with Crippen LogP contribution in [0.15, 0.2) is 30.6 Å². The molecule has 1 aliphatic rings. The molecule has 1 saturated heterocycles. The lowest BCUT2D eigenvalue weighted by molar-refractivity contribution is -0.123. The fourth-order valence-corrected chi connectivity index (χ4v) is 2.63. The van der Waals surface area contributed by atoms with E-state index >= 15 is 0 Å². The van der Waals surface area contributed by atoms with Gasteiger partial charge in [-0.25, -0.2) is 9.67 Å². The van der Waals surface area contributed by atoms with Gasteiger partial charge in [-0.05, 0) is 31.0 Å². The first-order valence-electron chi connectivity index (χ1n) is 7.22. The molecule has 0 spiro atoms. The summed E-state index contributed by atoms with van der Waals surface area (Å²) in [7, 11) is 0. The summed E-state index contributed by atoms with van der Waals surface area (Å²) < 4.78 is 1.75. The fourth-order valence-electron chi connectivity index (χ4n) is 2.63. The number of hydrogen-bond acceptors (Lipinski definition) is 4. The zero-order valence-corrected chi connectivity index (χ0v) is 12.3. The first-order chi connectivity index (χ1) is 10.2. The number of amides is 1. The predicted molar refractivity (Wildman–Crippen MR) is 80.5 cm³/mol. The van der Waals surface area contributed by atoms with Crippen LogP contribution in [0.3, 0.4) is 0 Å². The maximum atomic E-state index is 12.0. The van der Waals surface area contributed by atoms with Crippen molar-refractivity contribution in [1.82, 2.24) is 20.1 Å². The molecule has 2 aromatic heterocycles. The minimum absolute atomic E-state index is 0.0749. The van der Waals surface area contributed by atoms with E-state index in [9.17, 15) is 4.79 Å². The van der Waals surface area contributed by atoms with Crippen molar-refractivity contribution in [1.29, 1.82) is 0 Å². The number of piperazine rings is 1. The highest BCUT2D eigenvalue weighted by atomic mass is 16.2. The summed E-state index contributed by atoms with van der Waals surface area (Å²) in [4.78, 5) is 18.7. The van der Waals surface area contributed by atoms with Crippen molar-refractivity contribution in [2.75, 3.05) is 18.0 Å². The Labute approximate surface area is 123 Å². The van der Waals surface area contributed by atoms with Crippen LogP contribution in [-0.4, -0.2) is 39.8 Å². The Kier molecular flexibility index (Phi) is 3.60. The molecule has 1 amide bonds. The molecule has 1 N–H and O–H groups in total. The average Bonchev–Trinajstić information content (AvgIpc) is 2.94. The monoisotopic (exact) mass is 285 g/mol. The third kappa shape index (κ3) is 2.61. The van der Waals surface area contributed by atoms with Crippen molar-refractivity contribution in [3.63, 3.8) is 0 Å². The number of hydrogen-bond donors (Lipinski definition) is 1. The van der Waals surface area contributed by atoms with E-state index in [1.807, 2.05) is 38.2 Å². The van der Waals surface area contributed by atoms with Crippen molar-refractivity contribution in [2.24, 2.45) is 0 Å². The van der Waals surface area contributed by atoms with Crippen LogP contribution in [0.1, 0.15) is 18.9 Å². The van der Waals surface area contributed by atoms with Crippen molar-refractivity contribution >= 4 is 11.7 Å². The largest absolute Gasteiger partial charge is 0.353 e. The van der Waals surface area contributed by atoms with Gasteiger partial charge in [0.05, 0.1) is 6.20 Å². The summed E-state index contributed by atoms with van der Waals surface area (Å²) in [5.41, 5.74) is 1.09. The van der Waals surface area contributed by atoms with Crippen molar-refractivity contribution in [3.05, 3.63) is 36.2 Å². The Morgan fingerprint density at radius 3 is 2.90 bits per heavy atom. The van der Waals surface area contributed by atoms with Gasteiger partial charge >= 0.3 is 0 Å². The van der Waals surface area contributed by atoms with Gasteiger partial charge in [-0.1, -0.05) is 13.0 Å². The van der Waals surface area contributed by atoms with Gasteiger partial charge in [0, 0.05) is 19.3 Å². The highest BCUT2D eigenvalue weighted by Gasteiger charge is 2.29. The molecular weight excluding hydrogens is 266 g/mol. The van der Waals surface area contributed by atoms with Gasteiger partial charge in [-0.15, -0.1) is 0 Å². The fraction of sp³-hybridized carbons (Fsp3) is 0.400. The predicted octanol–water partition coefficient (Wildman–Crippen LogP) is 1.29. The molecule has 0 aromatic carbocycles. The highest BCUT2D eigenvalue weighted by molar-refractivity contribution is 5.86. The van der Waals surface area contributed by atoms with Crippen LogP contribution in [0.5, 0.6) is 0 Å². The maximum Gasteiger partial charge on any atom is 0.242 e. The van der Waals surface area contributed by atoms with E-state index in [-0.39, 0.29) is 11.9 Å². The Balaban J connectivity index is 1.93. The quantitative estimate of drug-likeness (QED) is 0.923. The molecule has 1 unspecified atom stereocenters. The number of carbonyl (C=O) groups excluding carboxylic acids is 1. The standard InChI is InChI=1S/C15H19N5O/c1-3-12-15(21)16-7-8-19(12)13-5-4-6-14(18-13)20-10-11(2)9-17-20/h4-6,9-10,12H,3,7-8H2,1-2H3,(H,16,21). The SMILES string of the molecule is CCC1C(=O)NCCN1c1cccc(-n2cc(C)cn2)n1. The van der Waals surface area contributed by atoms with Gasteiger partial charge in [0.15, 0.2) is 5.82 Å². The summed E-state index contributed by atoms with van der Waals surface area (Å²) in [5, 5.41) is 7.19. The van der Waals surface area contributed by atoms with Gasteiger partial charge in [0.1, 0.15) is 11.9 Å². The summed E-state index contributed by atoms with van der Waals surface area (Å²) in [6, 6.07) is 5.66. The first-order valence-corrected chi connectivity index (χ1v) is 7.22. The lowest BCUT2D eigenvalue weighted by atomic mass is 10.1. The van der Waals surface area contributed by atoms with Gasteiger partial charge in [0.25, 0.3) is 0 Å². The van der Waals surface area contributed by atoms with E-state index in [0.29, 0.717) is 6.54 Å². The number of carbonyl (C=O) groups is 1. The number of rotatable bonds is 3. The molecule has 0 saturated carbocycles. The van der Waals surface area contributed by atoms with Crippen LogP contribution in [0.25, 0.3) is 5.82 Å². The Bertz CT molecular complexity index is 651. The number of pyridine rings is 1. The third-order valence-electron chi connectivity index (χ3n) is 3.68.